The van der Waals surface area contributed by atoms with Gasteiger partial charge >= 0.3 is 11.8 Å². The lowest BCUT2D eigenvalue weighted by molar-refractivity contribution is -0.140. The topological polar surface area (TPSA) is 40.9 Å². The van der Waals surface area contributed by atoms with Crippen LogP contribution in [0.25, 0.3) is 0 Å². The molecule has 41 valence electrons. The van der Waals surface area contributed by atoms with Crippen molar-refractivity contribution < 1.29 is 13.6 Å². The lowest BCUT2D eigenvalue weighted by Crippen LogP contribution is -2.24. The van der Waals surface area contributed by atoms with Crippen molar-refractivity contribution in [3.63, 3.8) is 0 Å². The fraction of sp³-hybridized carbons (Fsp3) is 0.667. The zero-order valence-electron chi connectivity index (χ0n) is 3.66. The first-order valence-electron chi connectivity index (χ1n) is 1.58. The summed E-state index contributed by atoms with van der Waals surface area (Å²) >= 11 is 0. The number of hydrogen-bond donors (Lipinski definition) is 0. The Morgan fingerprint density at radius 2 is 1.86 bits per heavy atom. The zero-order chi connectivity index (χ0) is 6.08. The van der Waals surface area contributed by atoms with Gasteiger partial charge in [0.1, 0.15) is 0 Å². The van der Waals surface area contributed by atoms with Crippen molar-refractivity contribution in [3.05, 3.63) is 0 Å². The lowest BCUT2D eigenvalue weighted by atomic mass is 10.4. The molecule has 0 atom stereocenters. The number of halogens is 2. The molecule has 1 N–H and O–H groups in total. The Kier molecular flexibility index (Phi) is 1.30. The van der Waals surface area contributed by atoms with Gasteiger partial charge in [0.2, 0.25) is 0 Å². The normalized spacial score (nSPS) is 11.3. The first-order valence-corrected chi connectivity index (χ1v) is 1.58. The number of rotatable bonds is 1. The third-order valence-electron chi connectivity index (χ3n) is 0.399. The number of alkyl halides is 2. The molecule has 0 aliphatic carbocycles. The van der Waals surface area contributed by atoms with Gasteiger partial charge in [-0.1, -0.05) is 0 Å². The molecule has 0 saturated carbocycles. The van der Waals surface area contributed by atoms with Crippen LogP contribution >= 0.6 is 0 Å². The van der Waals surface area contributed by atoms with Crippen LogP contribution in [0.3, 0.4) is 0 Å². The molecule has 0 aromatic heterocycles. The predicted molar refractivity (Wildman–Crippen MR) is 18.7 cm³/mol. The van der Waals surface area contributed by atoms with Crippen molar-refractivity contribution in [1.82, 2.24) is 5.73 Å². The molecular weight excluding hydrogens is 104 g/mol. The molecule has 0 bridgehead atoms. The molecule has 0 aromatic carbocycles. The van der Waals surface area contributed by atoms with E-state index in [1.54, 1.807) is 0 Å². The summed E-state index contributed by atoms with van der Waals surface area (Å²) in [6, 6.07) is 0. The SMILES string of the molecule is CC(F)(F)C([NH])=O. The minimum Gasteiger partial charge on any atom is -0.266 e. The fourth-order valence-electron chi connectivity index (χ4n) is 0. The van der Waals surface area contributed by atoms with E-state index in [2.05, 4.69) is 0 Å². The molecule has 0 aromatic rings. The molecular formula is C3H4F2NO. The van der Waals surface area contributed by atoms with E-state index in [1.807, 2.05) is 0 Å². The second-order valence-corrected chi connectivity index (χ2v) is 1.22. The van der Waals surface area contributed by atoms with Crippen LogP contribution in [0, 0.1) is 0 Å². The van der Waals surface area contributed by atoms with E-state index in [-0.39, 0.29) is 0 Å². The van der Waals surface area contributed by atoms with Gasteiger partial charge in [0, 0.05) is 6.92 Å². The van der Waals surface area contributed by atoms with Crippen LogP contribution in [0.1, 0.15) is 6.92 Å². The summed E-state index contributed by atoms with van der Waals surface area (Å²) in [5.41, 5.74) is 5.84. The molecule has 7 heavy (non-hydrogen) atoms. The Morgan fingerprint density at radius 1 is 1.71 bits per heavy atom. The lowest BCUT2D eigenvalue weighted by Gasteiger charge is -1.99. The number of carbonyl (C=O) groups is 1. The summed E-state index contributed by atoms with van der Waals surface area (Å²) < 4.78 is 22.6. The van der Waals surface area contributed by atoms with Gasteiger partial charge in [-0.15, -0.1) is 0 Å². The van der Waals surface area contributed by atoms with Gasteiger partial charge in [-0.05, 0) is 0 Å². The molecule has 4 heteroatoms. The summed E-state index contributed by atoms with van der Waals surface area (Å²) in [5.74, 6) is -5.31. The number of carbonyl (C=O) groups excluding carboxylic acids is 1. The van der Waals surface area contributed by atoms with E-state index in [0.717, 1.165) is 0 Å². The predicted octanol–water partition coefficient (Wildman–Crippen LogP) is 0.451. The summed E-state index contributed by atoms with van der Waals surface area (Å²) in [6.07, 6.45) is 0. The van der Waals surface area contributed by atoms with Gasteiger partial charge in [-0.25, -0.2) is 0 Å². The molecule has 0 heterocycles. The molecule has 0 unspecified atom stereocenters. The Morgan fingerprint density at radius 3 is 1.86 bits per heavy atom. The van der Waals surface area contributed by atoms with E-state index < -0.39 is 11.8 Å². The highest BCUT2D eigenvalue weighted by Crippen LogP contribution is 2.09. The van der Waals surface area contributed by atoms with Crippen molar-refractivity contribution in [1.29, 1.82) is 0 Å². The maximum Gasteiger partial charge on any atom is 0.323 e. The molecule has 0 fully saturated rings. The highest BCUT2D eigenvalue weighted by Gasteiger charge is 2.29. The smallest absolute Gasteiger partial charge is 0.266 e. The summed E-state index contributed by atoms with van der Waals surface area (Å²) in [4.78, 5) is 9.38. The second kappa shape index (κ2) is 1.44. The highest BCUT2D eigenvalue weighted by molar-refractivity contribution is 5.80. The Balaban J connectivity index is 3.79. The first kappa shape index (κ1) is 6.33. The van der Waals surface area contributed by atoms with E-state index >= 15 is 0 Å². The van der Waals surface area contributed by atoms with Crippen LogP contribution in [-0.2, 0) is 4.79 Å². The fourth-order valence-corrected chi connectivity index (χ4v) is 0. The Bertz CT molecular complexity index is 85.4. The first-order chi connectivity index (χ1) is 2.94. The molecule has 1 radical (unpaired) electrons. The maximum absolute atomic E-state index is 11.3. The molecule has 0 aliphatic rings. The van der Waals surface area contributed by atoms with Gasteiger partial charge < -0.3 is 0 Å². The van der Waals surface area contributed by atoms with Crippen LogP contribution in [0.4, 0.5) is 8.78 Å². The zero-order valence-corrected chi connectivity index (χ0v) is 3.66. The Hall–Kier alpha value is -0.670. The minimum absolute atomic E-state index is 0.391. The minimum atomic E-state index is -3.47. The van der Waals surface area contributed by atoms with Crippen molar-refractivity contribution >= 4 is 5.91 Å². The number of amides is 1. The summed E-state index contributed by atoms with van der Waals surface area (Å²) in [5, 5.41) is 0. The average Bonchev–Trinajstić information content (AvgIpc) is 1.31. The highest BCUT2D eigenvalue weighted by atomic mass is 19.3. The second-order valence-electron chi connectivity index (χ2n) is 1.22. The standard InChI is InChI=1S/C3H4F2NO/c1-3(4,5)2(6)7/h6H,1H3. The quantitative estimate of drug-likeness (QED) is 0.480. The van der Waals surface area contributed by atoms with Gasteiger partial charge in [0.15, 0.2) is 0 Å². The average molecular weight is 108 g/mol. The van der Waals surface area contributed by atoms with Crippen molar-refractivity contribution in [2.75, 3.05) is 0 Å². The summed E-state index contributed by atoms with van der Waals surface area (Å²) in [6.45, 7) is 0.391. The van der Waals surface area contributed by atoms with E-state index in [4.69, 9.17) is 5.73 Å². The number of hydrogen-bond acceptors (Lipinski definition) is 1. The Labute approximate surface area is 39.3 Å². The van der Waals surface area contributed by atoms with E-state index in [1.165, 1.54) is 0 Å². The molecule has 1 amide bonds. The third kappa shape index (κ3) is 2.08. The van der Waals surface area contributed by atoms with Crippen molar-refractivity contribution in [3.8, 4) is 0 Å². The van der Waals surface area contributed by atoms with Gasteiger partial charge in [-0.3, -0.25) is 10.5 Å². The van der Waals surface area contributed by atoms with Crippen LogP contribution in [0.2, 0.25) is 0 Å². The van der Waals surface area contributed by atoms with Gasteiger partial charge in [0.05, 0.1) is 0 Å². The monoisotopic (exact) mass is 108 g/mol. The van der Waals surface area contributed by atoms with Crippen LogP contribution in [0.5, 0.6) is 0 Å². The summed E-state index contributed by atoms with van der Waals surface area (Å²) in [7, 11) is 0. The van der Waals surface area contributed by atoms with E-state index in [0.29, 0.717) is 6.92 Å². The van der Waals surface area contributed by atoms with Gasteiger partial charge in [-0.2, -0.15) is 8.78 Å². The molecule has 0 saturated heterocycles. The number of nitrogens with one attached hydrogen (secondary N) is 1. The maximum atomic E-state index is 11.3. The van der Waals surface area contributed by atoms with Crippen molar-refractivity contribution in [2.24, 2.45) is 0 Å². The molecule has 0 spiro atoms. The van der Waals surface area contributed by atoms with Gasteiger partial charge in [0.25, 0.3) is 0 Å². The molecule has 0 rings (SSSR count). The molecule has 0 aliphatic heterocycles. The molecule has 2 nitrogen and oxygen atoms in total. The third-order valence-corrected chi connectivity index (χ3v) is 0.399. The van der Waals surface area contributed by atoms with Crippen LogP contribution in [0.15, 0.2) is 0 Å². The largest absolute Gasteiger partial charge is 0.323 e. The van der Waals surface area contributed by atoms with Crippen LogP contribution < -0.4 is 5.73 Å². The van der Waals surface area contributed by atoms with E-state index in [9.17, 15) is 13.6 Å². The van der Waals surface area contributed by atoms with Crippen LogP contribution in [-0.4, -0.2) is 11.8 Å². The van der Waals surface area contributed by atoms with Crippen molar-refractivity contribution in [2.45, 2.75) is 12.8 Å².